The maximum Gasteiger partial charge on any atom is 0.208 e. The van der Waals surface area contributed by atoms with Gasteiger partial charge in [0.25, 0.3) is 0 Å². The summed E-state index contributed by atoms with van der Waals surface area (Å²) in [4.78, 5) is 0.0436. The Kier molecular flexibility index (Phi) is 5.18. The third-order valence-corrected chi connectivity index (χ3v) is 7.00. The summed E-state index contributed by atoms with van der Waals surface area (Å²) >= 11 is 0. The normalized spacial score (nSPS) is 17.7. The number of hydrogen-bond acceptors (Lipinski definition) is 4. The minimum absolute atomic E-state index is 0.0133. The summed E-state index contributed by atoms with van der Waals surface area (Å²) in [6.07, 6.45) is 3.54. The SMILES string of the molecule is CS(=O)(=O)NC[C@@H]1CCCc2cc(S(=O)(=O)c3cccc(F)c3)ccc21. The minimum atomic E-state index is -3.80. The molecule has 1 aliphatic rings. The molecule has 0 unspecified atom stereocenters. The van der Waals surface area contributed by atoms with Gasteiger partial charge in [-0.25, -0.2) is 25.9 Å². The lowest BCUT2D eigenvalue weighted by Gasteiger charge is -2.26. The molecule has 5 nitrogen and oxygen atoms in total. The van der Waals surface area contributed by atoms with Crippen molar-refractivity contribution in [3.63, 3.8) is 0 Å². The van der Waals surface area contributed by atoms with E-state index < -0.39 is 25.7 Å². The average Bonchev–Trinajstić information content (AvgIpc) is 2.58. The number of nitrogens with one attached hydrogen (secondary N) is 1. The van der Waals surface area contributed by atoms with E-state index in [0.29, 0.717) is 6.54 Å². The van der Waals surface area contributed by atoms with Crippen molar-refractivity contribution in [3.8, 4) is 0 Å². The zero-order valence-corrected chi connectivity index (χ0v) is 15.9. The molecule has 140 valence electrons. The Labute approximate surface area is 153 Å². The predicted molar refractivity (Wildman–Crippen MR) is 96.8 cm³/mol. The van der Waals surface area contributed by atoms with E-state index in [1.807, 2.05) is 0 Å². The Hall–Kier alpha value is -1.77. The van der Waals surface area contributed by atoms with Gasteiger partial charge in [0.2, 0.25) is 19.9 Å². The molecule has 1 N–H and O–H groups in total. The van der Waals surface area contributed by atoms with Crippen LogP contribution in [-0.2, 0) is 26.3 Å². The number of aryl methyl sites for hydroxylation is 1. The van der Waals surface area contributed by atoms with Crippen LogP contribution in [0.2, 0.25) is 0 Å². The molecule has 2 aromatic rings. The average molecular weight is 397 g/mol. The fourth-order valence-corrected chi connectivity index (χ4v) is 5.14. The third kappa shape index (κ3) is 4.13. The van der Waals surface area contributed by atoms with Crippen molar-refractivity contribution in [1.82, 2.24) is 4.72 Å². The van der Waals surface area contributed by atoms with Gasteiger partial charge >= 0.3 is 0 Å². The van der Waals surface area contributed by atoms with E-state index in [0.717, 1.165) is 42.7 Å². The number of sulfonamides is 1. The fraction of sp³-hybridized carbons (Fsp3) is 0.333. The highest BCUT2D eigenvalue weighted by atomic mass is 32.2. The first kappa shape index (κ1) is 19.0. The first-order chi connectivity index (χ1) is 12.2. The highest BCUT2D eigenvalue weighted by Gasteiger charge is 2.25. The van der Waals surface area contributed by atoms with E-state index in [1.165, 1.54) is 24.3 Å². The highest BCUT2D eigenvalue weighted by molar-refractivity contribution is 7.91. The van der Waals surface area contributed by atoms with Crippen molar-refractivity contribution < 1.29 is 21.2 Å². The van der Waals surface area contributed by atoms with Crippen LogP contribution in [0.25, 0.3) is 0 Å². The summed E-state index contributed by atoms with van der Waals surface area (Å²) in [5, 5.41) is 0. The quantitative estimate of drug-likeness (QED) is 0.841. The van der Waals surface area contributed by atoms with Crippen molar-refractivity contribution in [2.24, 2.45) is 0 Å². The van der Waals surface area contributed by atoms with Crippen molar-refractivity contribution in [1.29, 1.82) is 0 Å². The van der Waals surface area contributed by atoms with Gasteiger partial charge in [0.15, 0.2) is 0 Å². The van der Waals surface area contributed by atoms with Crippen molar-refractivity contribution in [2.75, 3.05) is 12.8 Å². The van der Waals surface area contributed by atoms with Crippen LogP contribution in [0, 0.1) is 5.82 Å². The zero-order valence-electron chi connectivity index (χ0n) is 14.3. The Morgan fingerprint density at radius 1 is 1.08 bits per heavy atom. The van der Waals surface area contributed by atoms with E-state index in [1.54, 1.807) is 12.1 Å². The number of rotatable bonds is 5. The molecule has 1 aliphatic carbocycles. The summed E-state index contributed by atoms with van der Waals surface area (Å²) in [6.45, 7) is 0.293. The smallest absolute Gasteiger partial charge is 0.208 e. The Bertz CT molecular complexity index is 1030. The molecule has 8 heteroatoms. The molecule has 0 radical (unpaired) electrons. The molecule has 0 heterocycles. The molecule has 0 spiro atoms. The lowest BCUT2D eigenvalue weighted by molar-refractivity contribution is 0.530. The van der Waals surface area contributed by atoms with Crippen LogP contribution in [0.15, 0.2) is 52.3 Å². The second-order valence-corrected chi connectivity index (χ2v) is 10.3. The largest absolute Gasteiger partial charge is 0.219 e. The highest BCUT2D eigenvalue weighted by Crippen LogP contribution is 2.34. The van der Waals surface area contributed by atoms with Crippen LogP contribution in [-0.4, -0.2) is 29.6 Å². The number of benzene rings is 2. The Balaban J connectivity index is 1.93. The van der Waals surface area contributed by atoms with E-state index in [4.69, 9.17) is 0 Å². The molecule has 1 atom stereocenters. The molecule has 0 bridgehead atoms. The third-order valence-electron chi connectivity index (χ3n) is 4.56. The maximum absolute atomic E-state index is 13.4. The number of sulfone groups is 1. The minimum Gasteiger partial charge on any atom is -0.219 e. The van der Waals surface area contributed by atoms with Gasteiger partial charge in [0.1, 0.15) is 5.82 Å². The fourth-order valence-electron chi connectivity index (χ4n) is 3.29. The topological polar surface area (TPSA) is 80.3 Å². The summed E-state index contributed by atoms with van der Waals surface area (Å²) in [6, 6.07) is 9.83. The lowest BCUT2D eigenvalue weighted by Crippen LogP contribution is -2.29. The van der Waals surface area contributed by atoms with Crippen LogP contribution >= 0.6 is 0 Å². The van der Waals surface area contributed by atoms with Crippen LogP contribution in [0.4, 0.5) is 4.39 Å². The molecule has 3 rings (SSSR count). The second kappa shape index (κ2) is 7.09. The predicted octanol–water partition coefficient (Wildman–Crippen LogP) is 2.63. The van der Waals surface area contributed by atoms with Crippen LogP contribution < -0.4 is 4.72 Å². The van der Waals surface area contributed by atoms with Gasteiger partial charge in [-0.1, -0.05) is 12.1 Å². The molecule has 0 saturated carbocycles. The van der Waals surface area contributed by atoms with Crippen LogP contribution in [0.5, 0.6) is 0 Å². The summed E-state index contributed by atoms with van der Waals surface area (Å²) in [5.41, 5.74) is 1.86. The van der Waals surface area contributed by atoms with Gasteiger partial charge in [-0.3, -0.25) is 0 Å². The molecular formula is C18H20FNO4S2. The van der Waals surface area contributed by atoms with E-state index in [-0.39, 0.29) is 15.7 Å². The van der Waals surface area contributed by atoms with Gasteiger partial charge in [-0.15, -0.1) is 0 Å². The monoisotopic (exact) mass is 397 g/mol. The molecule has 2 aromatic carbocycles. The van der Waals surface area contributed by atoms with Gasteiger partial charge in [0.05, 0.1) is 16.0 Å². The van der Waals surface area contributed by atoms with Gasteiger partial charge in [-0.2, -0.15) is 0 Å². The molecule has 26 heavy (non-hydrogen) atoms. The Morgan fingerprint density at radius 3 is 2.50 bits per heavy atom. The first-order valence-corrected chi connectivity index (χ1v) is 11.6. The van der Waals surface area contributed by atoms with E-state index in [2.05, 4.69) is 4.72 Å². The zero-order chi connectivity index (χ0) is 18.9. The molecular weight excluding hydrogens is 377 g/mol. The summed E-state index contributed by atoms with van der Waals surface area (Å²) in [5.74, 6) is -0.588. The summed E-state index contributed by atoms with van der Waals surface area (Å²) in [7, 11) is -7.08. The van der Waals surface area contributed by atoms with Crippen molar-refractivity contribution in [2.45, 2.75) is 35.0 Å². The lowest BCUT2D eigenvalue weighted by atomic mass is 9.83. The number of hydrogen-bond donors (Lipinski definition) is 1. The van der Waals surface area contributed by atoms with E-state index in [9.17, 15) is 21.2 Å². The Morgan fingerprint density at radius 2 is 1.81 bits per heavy atom. The number of fused-ring (bicyclic) bond motifs is 1. The van der Waals surface area contributed by atoms with Crippen molar-refractivity contribution in [3.05, 3.63) is 59.4 Å². The molecule has 0 amide bonds. The summed E-state index contributed by atoms with van der Waals surface area (Å²) < 4.78 is 64.1. The second-order valence-electron chi connectivity index (χ2n) is 6.53. The van der Waals surface area contributed by atoms with Gasteiger partial charge in [-0.05, 0) is 66.6 Å². The van der Waals surface area contributed by atoms with E-state index >= 15 is 0 Å². The molecule has 0 fully saturated rings. The maximum atomic E-state index is 13.4. The molecule has 0 aromatic heterocycles. The van der Waals surface area contributed by atoms with Crippen molar-refractivity contribution >= 4 is 19.9 Å². The molecule has 0 aliphatic heterocycles. The van der Waals surface area contributed by atoms with Crippen LogP contribution in [0.3, 0.4) is 0 Å². The van der Waals surface area contributed by atoms with Crippen LogP contribution in [0.1, 0.15) is 29.9 Å². The number of halogens is 1. The molecule has 0 saturated heterocycles. The standard InChI is InChI=1S/C18H20FNO4S2/c1-25(21,22)20-12-14-5-2-4-13-10-17(8-9-18(13)14)26(23,24)16-7-3-6-15(19)11-16/h3,6-11,14,20H,2,4-5,12H2,1H3/t14-/m0/s1. The van der Waals surface area contributed by atoms with Gasteiger partial charge < -0.3 is 0 Å². The first-order valence-electron chi connectivity index (χ1n) is 8.25. The van der Waals surface area contributed by atoms with Gasteiger partial charge in [0, 0.05) is 6.54 Å².